The van der Waals surface area contributed by atoms with Crippen LogP contribution in [0, 0.1) is 17.3 Å². The normalized spacial score (nSPS) is 23.4. The molecule has 5 nitrogen and oxygen atoms in total. The number of nitrogens with two attached hydrogens (primary N) is 1. The average Bonchev–Trinajstić information content (AvgIpc) is 2.92. The molecular formula is C15H29N5. The van der Waals surface area contributed by atoms with E-state index < -0.39 is 0 Å². The van der Waals surface area contributed by atoms with Crippen LogP contribution in [-0.2, 0) is 13.0 Å². The van der Waals surface area contributed by atoms with Gasteiger partial charge in [-0.15, -0.1) is 0 Å². The van der Waals surface area contributed by atoms with E-state index in [1.807, 2.05) is 4.68 Å². The molecule has 1 heterocycles. The lowest BCUT2D eigenvalue weighted by Gasteiger charge is -2.33. The highest BCUT2D eigenvalue weighted by atomic mass is 15.3. The zero-order chi connectivity index (χ0) is 14.8. The van der Waals surface area contributed by atoms with Crippen molar-refractivity contribution in [3.05, 3.63) is 12.2 Å². The van der Waals surface area contributed by atoms with Crippen molar-refractivity contribution in [1.82, 2.24) is 20.2 Å². The Kier molecular flexibility index (Phi) is 4.81. The number of rotatable bonds is 6. The summed E-state index contributed by atoms with van der Waals surface area (Å²) in [6, 6.07) is 0.280. The maximum atomic E-state index is 5.83. The topological polar surface area (TPSA) is 68.8 Å². The summed E-state index contributed by atoms with van der Waals surface area (Å²) in [7, 11) is 0. The molecule has 2 atom stereocenters. The van der Waals surface area contributed by atoms with Gasteiger partial charge in [0, 0.05) is 19.0 Å². The molecule has 2 unspecified atom stereocenters. The number of aromatic nitrogens is 3. The van der Waals surface area contributed by atoms with E-state index in [2.05, 4.69) is 43.2 Å². The van der Waals surface area contributed by atoms with E-state index in [0.29, 0.717) is 17.3 Å². The van der Waals surface area contributed by atoms with Gasteiger partial charge in [0.15, 0.2) is 0 Å². The monoisotopic (exact) mass is 279 g/mol. The lowest BCUT2D eigenvalue weighted by Crippen LogP contribution is -2.46. The molecule has 1 aromatic heterocycles. The molecule has 0 aromatic carbocycles. The summed E-state index contributed by atoms with van der Waals surface area (Å²) < 4.78 is 2.02. The number of nitrogens with zero attached hydrogens (tertiary/aromatic N) is 3. The predicted octanol–water partition coefficient (Wildman–Crippen LogP) is 2.13. The van der Waals surface area contributed by atoms with Crippen LogP contribution < -0.4 is 11.3 Å². The van der Waals surface area contributed by atoms with Crippen molar-refractivity contribution >= 4 is 0 Å². The van der Waals surface area contributed by atoms with Gasteiger partial charge in [-0.1, -0.05) is 34.1 Å². The molecule has 0 amide bonds. The van der Waals surface area contributed by atoms with Crippen molar-refractivity contribution in [1.29, 1.82) is 0 Å². The van der Waals surface area contributed by atoms with Crippen molar-refractivity contribution < 1.29 is 0 Å². The molecule has 20 heavy (non-hydrogen) atoms. The minimum atomic E-state index is 0.280. The lowest BCUT2D eigenvalue weighted by atomic mass is 9.76. The van der Waals surface area contributed by atoms with E-state index in [-0.39, 0.29) is 6.04 Å². The Morgan fingerprint density at radius 3 is 2.80 bits per heavy atom. The Hall–Kier alpha value is -0.940. The Labute approximate surface area is 122 Å². The van der Waals surface area contributed by atoms with Gasteiger partial charge in [-0.2, -0.15) is 5.10 Å². The molecule has 0 aliphatic heterocycles. The van der Waals surface area contributed by atoms with E-state index in [9.17, 15) is 0 Å². The van der Waals surface area contributed by atoms with E-state index in [1.54, 1.807) is 6.33 Å². The SMILES string of the molecule is CC(C)Cn1ncnc1CC(NN)C1CCCC1(C)C. The molecule has 0 radical (unpaired) electrons. The molecule has 0 bridgehead atoms. The van der Waals surface area contributed by atoms with Crippen LogP contribution in [0.1, 0.15) is 52.8 Å². The number of nitrogens with one attached hydrogen (secondary N) is 1. The van der Waals surface area contributed by atoms with Crippen molar-refractivity contribution in [3.63, 3.8) is 0 Å². The van der Waals surface area contributed by atoms with Crippen LogP contribution in [0.5, 0.6) is 0 Å². The van der Waals surface area contributed by atoms with Crippen molar-refractivity contribution in [2.45, 2.75) is 66.0 Å². The highest BCUT2D eigenvalue weighted by molar-refractivity contribution is 4.97. The van der Waals surface area contributed by atoms with Gasteiger partial charge in [-0.3, -0.25) is 11.3 Å². The first-order valence-corrected chi connectivity index (χ1v) is 7.77. The molecule has 5 heteroatoms. The Morgan fingerprint density at radius 2 is 2.25 bits per heavy atom. The average molecular weight is 279 g/mol. The van der Waals surface area contributed by atoms with Gasteiger partial charge < -0.3 is 0 Å². The van der Waals surface area contributed by atoms with Gasteiger partial charge in [0.1, 0.15) is 12.2 Å². The Morgan fingerprint density at radius 1 is 1.50 bits per heavy atom. The maximum absolute atomic E-state index is 5.83. The van der Waals surface area contributed by atoms with Crippen LogP contribution in [0.15, 0.2) is 6.33 Å². The first-order chi connectivity index (χ1) is 9.44. The number of hydrogen-bond acceptors (Lipinski definition) is 4. The summed E-state index contributed by atoms with van der Waals surface area (Å²) in [4.78, 5) is 4.43. The van der Waals surface area contributed by atoms with E-state index in [4.69, 9.17) is 5.84 Å². The zero-order valence-electron chi connectivity index (χ0n) is 13.3. The molecule has 1 aliphatic rings. The third-order valence-electron chi connectivity index (χ3n) is 4.68. The van der Waals surface area contributed by atoms with Gasteiger partial charge in [0.05, 0.1) is 0 Å². The third kappa shape index (κ3) is 3.38. The molecule has 3 N–H and O–H groups in total. The zero-order valence-corrected chi connectivity index (χ0v) is 13.3. The van der Waals surface area contributed by atoms with E-state index in [0.717, 1.165) is 18.8 Å². The highest BCUT2D eigenvalue weighted by Gasteiger charge is 2.39. The van der Waals surface area contributed by atoms with Crippen LogP contribution in [-0.4, -0.2) is 20.8 Å². The summed E-state index contributed by atoms with van der Waals surface area (Å²) in [6.45, 7) is 10.0. The largest absolute Gasteiger partial charge is 0.271 e. The maximum Gasteiger partial charge on any atom is 0.138 e. The first kappa shape index (κ1) is 15.4. The van der Waals surface area contributed by atoms with Crippen molar-refractivity contribution in [2.24, 2.45) is 23.1 Å². The van der Waals surface area contributed by atoms with Crippen molar-refractivity contribution in [2.75, 3.05) is 0 Å². The van der Waals surface area contributed by atoms with Crippen LogP contribution in [0.3, 0.4) is 0 Å². The van der Waals surface area contributed by atoms with E-state index >= 15 is 0 Å². The molecule has 2 rings (SSSR count). The second kappa shape index (κ2) is 6.22. The van der Waals surface area contributed by atoms with Crippen LogP contribution in [0.2, 0.25) is 0 Å². The lowest BCUT2D eigenvalue weighted by molar-refractivity contribution is 0.193. The fourth-order valence-corrected chi connectivity index (χ4v) is 3.56. The van der Waals surface area contributed by atoms with Crippen LogP contribution >= 0.6 is 0 Å². The molecule has 1 saturated carbocycles. The van der Waals surface area contributed by atoms with Crippen LogP contribution in [0.4, 0.5) is 0 Å². The molecule has 1 aromatic rings. The summed E-state index contributed by atoms with van der Waals surface area (Å²) in [6.07, 6.45) is 6.35. The second-order valence-corrected chi connectivity index (χ2v) is 7.22. The van der Waals surface area contributed by atoms with Gasteiger partial charge in [-0.05, 0) is 30.1 Å². The standard InChI is InChI=1S/C15H29N5/c1-11(2)9-20-14(17-10-18-20)8-13(19-16)12-6-5-7-15(12,3)4/h10-13,19H,5-9,16H2,1-4H3. The molecular weight excluding hydrogens is 250 g/mol. The van der Waals surface area contributed by atoms with Gasteiger partial charge >= 0.3 is 0 Å². The summed E-state index contributed by atoms with van der Waals surface area (Å²) in [5, 5.41) is 4.34. The fraction of sp³-hybridized carbons (Fsp3) is 0.867. The predicted molar refractivity (Wildman–Crippen MR) is 80.8 cm³/mol. The third-order valence-corrected chi connectivity index (χ3v) is 4.68. The molecule has 0 saturated heterocycles. The highest BCUT2D eigenvalue weighted by Crippen LogP contribution is 2.44. The molecule has 0 spiro atoms. The van der Waals surface area contributed by atoms with Gasteiger partial charge in [0.25, 0.3) is 0 Å². The number of hydrazine groups is 1. The first-order valence-electron chi connectivity index (χ1n) is 7.77. The molecule has 114 valence electrons. The summed E-state index contributed by atoms with van der Waals surface area (Å²) >= 11 is 0. The Balaban J connectivity index is 2.09. The smallest absolute Gasteiger partial charge is 0.138 e. The summed E-state index contributed by atoms with van der Waals surface area (Å²) in [5.41, 5.74) is 3.40. The quantitative estimate of drug-likeness (QED) is 0.618. The van der Waals surface area contributed by atoms with Crippen molar-refractivity contribution in [3.8, 4) is 0 Å². The minimum absolute atomic E-state index is 0.280. The molecule has 1 aliphatic carbocycles. The van der Waals surface area contributed by atoms with Crippen LogP contribution in [0.25, 0.3) is 0 Å². The number of hydrogen-bond donors (Lipinski definition) is 2. The Bertz CT molecular complexity index is 424. The minimum Gasteiger partial charge on any atom is -0.271 e. The van der Waals surface area contributed by atoms with Gasteiger partial charge in [-0.25, -0.2) is 9.67 Å². The second-order valence-electron chi connectivity index (χ2n) is 7.22. The van der Waals surface area contributed by atoms with E-state index in [1.165, 1.54) is 19.3 Å². The summed E-state index contributed by atoms with van der Waals surface area (Å²) in [5.74, 6) is 8.06. The molecule has 1 fully saturated rings. The fourth-order valence-electron chi connectivity index (χ4n) is 3.56. The van der Waals surface area contributed by atoms with Gasteiger partial charge in [0.2, 0.25) is 0 Å².